The Balaban J connectivity index is 2.19. The van der Waals surface area contributed by atoms with Gasteiger partial charge in [-0.25, -0.2) is 8.42 Å². The second-order valence-corrected chi connectivity index (χ2v) is 8.97. The van der Waals surface area contributed by atoms with E-state index in [1.807, 2.05) is 6.92 Å². The number of nitrogens with one attached hydrogen (secondary N) is 2. The van der Waals surface area contributed by atoms with E-state index in [2.05, 4.69) is 20.2 Å². The van der Waals surface area contributed by atoms with E-state index in [0.29, 0.717) is 5.13 Å². The molecule has 1 amide bonds. The third kappa shape index (κ3) is 5.34. The standard InChI is InChI=1S/C12H13ClN4O3S3/c1-3-21-12-16-15-11(22-12)14-10(18)8-6-7(4-5-9(8)13)17-23(2,19)20/h4-6,17H,3H2,1-2H3,(H,14,15,18). The molecule has 0 aliphatic carbocycles. The van der Waals surface area contributed by atoms with E-state index in [1.54, 1.807) is 0 Å². The largest absolute Gasteiger partial charge is 0.296 e. The number of benzene rings is 1. The van der Waals surface area contributed by atoms with Gasteiger partial charge in [-0.05, 0) is 24.0 Å². The summed E-state index contributed by atoms with van der Waals surface area (Å²) in [6, 6.07) is 4.28. The van der Waals surface area contributed by atoms with Gasteiger partial charge in [0, 0.05) is 5.69 Å². The number of amides is 1. The second-order valence-electron chi connectivity index (χ2n) is 4.33. The van der Waals surface area contributed by atoms with Gasteiger partial charge in [-0.2, -0.15) is 0 Å². The Morgan fingerprint density at radius 3 is 2.78 bits per heavy atom. The normalized spacial score (nSPS) is 11.3. The van der Waals surface area contributed by atoms with Crippen LogP contribution < -0.4 is 10.0 Å². The topological polar surface area (TPSA) is 101 Å². The number of aromatic nitrogens is 2. The molecule has 2 aromatic rings. The van der Waals surface area contributed by atoms with Crippen LogP contribution in [0.3, 0.4) is 0 Å². The molecule has 0 bridgehead atoms. The van der Waals surface area contributed by atoms with E-state index in [1.165, 1.54) is 41.3 Å². The Hall–Kier alpha value is -1.36. The summed E-state index contributed by atoms with van der Waals surface area (Å²) in [5.41, 5.74) is 0.391. The molecule has 23 heavy (non-hydrogen) atoms. The van der Waals surface area contributed by atoms with Crippen LogP contribution in [-0.2, 0) is 10.0 Å². The molecule has 0 aliphatic rings. The Bertz CT molecular complexity index is 823. The Kier molecular flexibility index (Phi) is 5.84. The summed E-state index contributed by atoms with van der Waals surface area (Å²) >= 11 is 8.79. The van der Waals surface area contributed by atoms with Crippen LogP contribution >= 0.6 is 34.7 Å². The van der Waals surface area contributed by atoms with Gasteiger partial charge in [-0.1, -0.05) is 41.6 Å². The number of rotatable bonds is 6. The first-order valence-corrected chi connectivity index (χ1v) is 10.4. The molecule has 1 heterocycles. The summed E-state index contributed by atoms with van der Waals surface area (Å²) < 4.78 is 25.6. The molecule has 7 nitrogen and oxygen atoms in total. The predicted octanol–water partition coefficient (Wildman–Crippen LogP) is 2.93. The highest BCUT2D eigenvalue weighted by atomic mass is 35.5. The zero-order valence-electron chi connectivity index (χ0n) is 12.2. The van der Waals surface area contributed by atoms with Crippen molar-refractivity contribution in [3.8, 4) is 0 Å². The van der Waals surface area contributed by atoms with E-state index < -0.39 is 15.9 Å². The van der Waals surface area contributed by atoms with Crippen molar-refractivity contribution in [1.29, 1.82) is 0 Å². The lowest BCUT2D eigenvalue weighted by atomic mass is 10.2. The number of halogens is 1. The van der Waals surface area contributed by atoms with Crippen molar-refractivity contribution in [2.24, 2.45) is 0 Å². The molecule has 0 atom stereocenters. The lowest BCUT2D eigenvalue weighted by molar-refractivity contribution is 0.102. The fourth-order valence-electron chi connectivity index (χ4n) is 1.58. The minimum absolute atomic E-state index is 0.139. The van der Waals surface area contributed by atoms with Crippen LogP contribution in [0.1, 0.15) is 17.3 Å². The molecule has 1 aromatic heterocycles. The van der Waals surface area contributed by atoms with Gasteiger partial charge in [0.2, 0.25) is 15.2 Å². The first-order valence-electron chi connectivity index (χ1n) is 6.33. The SMILES string of the molecule is CCSc1nnc(NC(=O)c2cc(NS(C)(=O)=O)ccc2Cl)s1. The fraction of sp³-hybridized carbons (Fsp3) is 0.250. The van der Waals surface area contributed by atoms with Gasteiger partial charge < -0.3 is 0 Å². The molecule has 0 aliphatic heterocycles. The summed E-state index contributed by atoms with van der Waals surface area (Å²) in [5, 5.41) is 11.0. The van der Waals surface area contributed by atoms with Crippen LogP contribution in [0.2, 0.25) is 5.02 Å². The third-order valence-corrected chi connectivity index (χ3v) is 5.20. The van der Waals surface area contributed by atoms with Crippen LogP contribution in [0.25, 0.3) is 0 Å². The average Bonchev–Trinajstić information content (AvgIpc) is 2.87. The highest BCUT2D eigenvalue weighted by Gasteiger charge is 2.15. The molecule has 2 rings (SSSR count). The number of hydrogen-bond acceptors (Lipinski definition) is 7. The van der Waals surface area contributed by atoms with Crippen LogP contribution in [-0.4, -0.2) is 36.5 Å². The predicted molar refractivity (Wildman–Crippen MR) is 94.2 cm³/mol. The molecule has 0 fully saturated rings. The summed E-state index contributed by atoms with van der Waals surface area (Å²) in [7, 11) is -3.44. The molecule has 2 N–H and O–H groups in total. The van der Waals surface area contributed by atoms with Gasteiger partial charge in [0.25, 0.3) is 5.91 Å². The van der Waals surface area contributed by atoms with Crippen LogP contribution in [0.15, 0.2) is 22.5 Å². The minimum atomic E-state index is -3.44. The Labute approximate surface area is 146 Å². The van der Waals surface area contributed by atoms with E-state index in [-0.39, 0.29) is 16.3 Å². The lowest BCUT2D eigenvalue weighted by Crippen LogP contribution is -2.14. The van der Waals surface area contributed by atoms with E-state index >= 15 is 0 Å². The molecule has 124 valence electrons. The molecular formula is C12H13ClN4O3S3. The average molecular weight is 393 g/mol. The highest BCUT2D eigenvalue weighted by Crippen LogP contribution is 2.27. The van der Waals surface area contributed by atoms with Gasteiger partial charge >= 0.3 is 0 Å². The molecule has 0 radical (unpaired) electrons. The van der Waals surface area contributed by atoms with Crippen molar-refractivity contribution in [3.05, 3.63) is 28.8 Å². The van der Waals surface area contributed by atoms with E-state index in [0.717, 1.165) is 16.3 Å². The quantitative estimate of drug-likeness (QED) is 0.579. The minimum Gasteiger partial charge on any atom is -0.296 e. The number of sulfonamides is 1. The molecule has 0 saturated carbocycles. The number of nitrogens with zero attached hydrogens (tertiary/aromatic N) is 2. The molecule has 0 unspecified atom stereocenters. The Morgan fingerprint density at radius 1 is 1.39 bits per heavy atom. The number of carbonyl (C=O) groups is 1. The summed E-state index contributed by atoms with van der Waals surface area (Å²) in [5.74, 6) is 0.365. The van der Waals surface area contributed by atoms with Crippen molar-refractivity contribution < 1.29 is 13.2 Å². The van der Waals surface area contributed by atoms with Crippen LogP contribution in [0, 0.1) is 0 Å². The maximum absolute atomic E-state index is 12.3. The van der Waals surface area contributed by atoms with Gasteiger partial charge in [-0.15, -0.1) is 10.2 Å². The maximum Gasteiger partial charge on any atom is 0.259 e. The fourth-order valence-corrected chi connectivity index (χ4v) is 3.99. The summed E-state index contributed by atoms with van der Waals surface area (Å²) in [6.07, 6.45) is 1.02. The second kappa shape index (κ2) is 7.47. The van der Waals surface area contributed by atoms with Gasteiger partial charge in [0.05, 0.1) is 16.8 Å². The third-order valence-electron chi connectivity index (χ3n) is 2.41. The number of thioether (sulfide) groups is 1. The van der Waals surface area contributed by atoms with Crippen LogP contribution in [0.4, 0.5) is 10.8 Å². The summed E-state index contributed by atoms with van der Waals surface area (Å²) in [6.45, 7) is 1.99. The molecule has 11 heteroatoms. The van der Waals surface area contributed by atoms with E-state index in [9.17, 15) is 13.2 Å². The van der Waals surface area contributed by atoms with E-state index in [4.69, 9.17) is 11.6 Å². The monoisotopic (exact) mass is 392 g/mol. The molecule has 1 aromatic carbocycles. The van der Waals surface area contributed by atoms with Crippen LogP contribution in [0.5, 0.6) is 0 Å². The first kappa shape index (κ1) is 18.0. The van der Waals surface area contributed by atoms with Crippen molar-refractivity contribution in [3.63, 3.8) is 0 Å². The number of anilines is 2. The smallest absolute Gasteiger partial charge is 0.259 e. The Morgan fingerprint density at radius 2 is 2.13 bits per heavy atom. The zero-order valence-corrected chi connectivity index (χ0v) is 15.4. The summed E-state index contributed by atoms with van der Waals surface area (Å²) in [4.78, 5) is 12.3. The van der Waals surface area contributed by atoms with Crippen molar-refractivity contribution >= 4 is 61.4 Å². The molecule has 0 spiro atoms. The first-order chi connectivity index (χ1) is 10.8. The number of carbonyl (C=O) groups excluding carboxylic acids is 1. The van der Waals surface area contributed by atoms with Crippen molar-refractivity contribution in [1.82, 2.24) is 10.2 Å². The van der Waals surface area contributed by atoms with Gasteiger partial charge in [-0.3, -0.25) is 14.8 Å². The molecule has 0 saturated heterocycles. The van der Waals surface area contributed by atoms with Gasteiger partial charge in [0.15, 0.2) is 4.34 Å². The zero-order chi connectivity index (χ0) is 17.0. The van der Waals surface area contributed by atoms with Crippen molar-refractivity contribution in [2.75, 3.05) is 22.0 Å². The maximum atomic E-state index is 12.3. The lowest BCUT2D eigenvalue weighted by Gasteiger charge is -2.08. The van der Waals surface area contributed by atoms with Crippen molar-refractivity contribution in [2.45, 2.75) is 11.3 Å². The number of hydrogen-bond donors (Lipinski definition) is 2. The van der Waals surface area contributed by atoms with Gasteiger partial charge in [0.1, 0.15) is 0 Å². The molecular weight excluding hydrogens is 380 g/mol. The highest BCUT2D eigenvalue weighted by molar-refractivity contribution is 8.01.